The standard InChI is InChI=1S/C19H26N4O/c1-2-13-22-15-20-21-19(22)17-10-6-7-14-23(17)18(24)12-11-16-8-4-3-5-9-16/h3-5,8-9,15,17H,2,6-7,10-14H2,1H3/t17-/m1/s1. The predicted octanol–water partition coefficient (Wildman–Crippen LogP) is 3.37. The van der Waals surface area contributed by atoms with Crippen molar-refractivity contribution < 1.29 is 4.79 Å². The van der Waals surface area contributed by atoms with Gasteiger partial charge in [-0.1, -0.05) is 37.3 Å². The van der Waals surface area contributed by atoms with E-state index in [0.29, 0.717) is 6.42 Å². The Kier molecular flexibility index (Phi) is 5.62. The Morgan fingerprint density at radius 3 is 2.88 bits per heavy atom. The van der Waals surface area contributed by atoms with Crippen molar-refractivity contribution in [2.45, 2.75) is 58.0 Å². The number of carbonyl (C=O) groups excluding carboxylic acids is 1. The minimum Gasteiger partial charge on any atom is -0.332 e. The van der Waals surface area contributed by atoms with E-state index < -0.39 is 0 Å². The van der Waals surface area contributed by atoms with Crippen molar-refractivity contribution in [2.75, 3.05) is 6.54 Å². The third-order valence-corrected chi connectivity index (χ3v) is 4.70. The summed E-state index contributed by atoms with van der Waals surface area (Å²) in [7, 11) is 0. The molecule has 0 N–H and O–H groups in total. The van der Waals surface area contributed by atoms with Gasteiger partial charge in [-0.25, -0.2) is 0 Å². The van der Waals surface area contributed by atoms with E-state index in [1.54, 1.807) is 6.33 Å². The average molecular weight is 326 g/mol. The molecule has 0 radical (unpaired) electrons. The molecule has 1 aromatic heterocycles. The molecule has 2 heterocycles. The van der Waals surface area contributed by atoms with Crippen LogP contribution >= 0.6 is 0 Å². The minimum absolute atomic E-state index is 0.0797. The highest BCUT2D eigenvalue weighted by Gasteiger charge is 2.30. The molecular formula is C19H26N4O. The molecule has 1 atom stereocenters. The van der Waals surface area contributed by atoms with Gasteiger partial charge in [0.2, 0.25) is 5.91 Å². The zero-order valence-corrected chi connectivity index (χ0v) is 14.4. The van der Waals surface area contributed by atoms with E-state index in [4.69, 9.17) is 0 Å². The van der Waals surface area contributed by atoms with E-state index in [1.165, 1.54) is 5.56 Å². The number of aryl methyl sites for hydroxylation is 2. The van der Waals surface area contributed by atoms with Crippen molar-refractivity contribution in [3.63, 3.8) is 0 Å². The summed E-state index contributed by atoms with van der Waals surface area (Å²) in [5.41, 5.74) is 1.22. The Bertz CT molecular complexity index is 652. The number of piperidine rings is 1. The topological polar surface area (TPSA) is 51.0 Å². The van der Waals surface area contributed by atoms with Crippen LogP contribution in [0.15, 0.2) is 36.7 Å². The summed E-state index contributed by atoms with van der Waals surface area (Å²) in [6.07, 6.45) is 7.40. The fourth-order valence-electron chi connectivity index (χ4n) is 3.47. The number of likely N-dealkylation sites (tertiary alicyclic amines) is 1. The Morgan fingerprint density at radius 1 is 1.25 bits per heavy atom. The Hall–Kier alpha value is -2.17. The highest BCUT2D eigenvalue weighted by Crippen LogP contribution is 2.30. The third-order valence-electron chi connectivity index (χ3n) is 4.70. The highest BCUT2D eigenvalue weighted by molar-refractivity contribution is 5.77. The van der Waals surface area contributed by atoms with Gasteiger partial charge in [0.25, 0.3) is 0 Å². The second-order valence-electron chi connectivity index (χ2n) is 6.47. The second kappa shape index (κ2) is 8.08. The van der Waals surface area contributed by atoms with Crippen molar-refractivity contribution in [1.29, 1.82) is 0 Å². The van der Waals surface area contributed by atoms with Crippen LogP contribution in [0.25, 0.3) is 0 Å². The molecule has 3 rings (SSSR count). The van der Waals surface area contributed by atoms with Crippen molar-refractivity contribution in [1.82, 2.24) is 19.7 Å². The molecule has 0 saturated carbocycles. The van der Waals surface area contributed by atoms with E-state index in [0.717, 1.165) is 51.0 Å². The van der Waals surface area contributed by atoms with Crippen LogP contribution in [0.2, 0.25) is 0 Å². The van der Waals surface area contributed by atoms with Gasteiger partial charge in [0, 0.05) is 19.5 Å². The van der Waals surface area contributed by atoms with Crippen LogP contribution in [0.1, 0.15) is 56.5 Å². The van der Waals surface area contributed by atoms with Crippen LogP contribution in [-0.4, -0.2) is 32.1 Å². The maximum Gasteiger partial charge on any atom is 0.223 e. The Morgan fingerprint density at radius 2 is 2.08 bits per heavy atom. The summed E-state index contributed by atoms with van der Waals surface area (Å²) in [6, 6.07) is 10.3. The number of hydrogen-bond donors (Lipinski definition) is 0. The van der Waals surface area contributed by atoms with Gasteiger partial charge in [-0.05, 0) is 37.7 Å². The molecule has 0 bridgehead atoms. The lowest BCUT2D eigenvalue weighted by atomic mass is 10.00. The summed E-state index contributed by atoms with van der Waals surface area (Å²) in [6.45, 7) is 3.88. The molecule has 1 aliphatic heterocycles. The van der Waals surface area contributed by atoms with Crippen molar-refractivity contribution in [3.8, 4) is 0 Å². The molecule has 1 amide bonds. The van der Waals surface area contributed by atoms with E-state index >= 15 is 0 Å². The molecule has 5 heteroatoms. The number of rotatable bonds is 6. The van der Waals surface area contributed by atoms with Gasteiger partial charge in [-0.15, -0.1) is 10.2 Å². The van der Waals surface area contributed by atoms with Gasteiger partial charge in [0.1, 0.15) is 6.33 Å². The van der Waals surface area contributed by atoms with Crippen LogP contribution in [0, 0.1) is 0 Å². The Labute approximate surface area is 143 Å². The number of hydrogen-bond acceptors (Lipinski definition) is 3. The second-order valence-corrected chi connectivity index (χ2v) is 6.47. The quantitative estimate of drug-likeness (QED) is 0.818. The predicted molar refractivity (Wildman–Crippen MR) is 93.4 cm³/mol. The fraction of sp³-hybridized carbons (Fsp3) is 0.526. The van der Waals surface area contributed by atoms with E-state index in [2.05, 4.69) is 33.8 Å². The van der Waals surface area contributed by atoms with Crippen LogP contribution < -0.4 is 0 Å². The lowest BCUT2D eigenvalue weighted by Gasteiger charge is -2.35. The molecular weight excluding hydrogens is 300 g/mol. The molecule has 0 unspecified atom stereocenters. The smallest absolute Gasteiger partial charge is 0.223 e. The normalized spacial score (nSPS) is 17.9. The SMILES string of the molecule is CCCn1cnnc1[C@H]1CCCCN1C(=O)CCc1ccccc1. The first kappa shape index (κ1) is 16.7. The summed E-state index contributed by atoms with van der Waals surface area (Å²) in [4.78, 5) is 14.8. The number of nitrogens with zero attached hydrogens (tertiary/aromatic N) is 4. The summed E-state index contributed by atoms with van der Waals surface area (Å²) in [5, 5.41) is 8.41. The summed E-state index contributed by atoms with van der Waals surface area (Å²) < 4.78 is 2.10. The van der Waals surface area contributed by atoms with Gasteiger partial charge >= 0.3 is 0 Å². The molecule has 1 fully saturated rings. The number of carbonyl (C=O) groups is 1. The maximum atomic E-state index is 12.8. The van der Waals surface area contributed by atoms with Gasteiger partial charge in [0.15, 0.2) is 5.82 Å². The highest BCUT2D eigenvalue weighted by atomic mass is 16.2. The van der Waals surface area contributed by atoms with Crippen LogP contribution in [0.3, 0.4) is 0 Å². The molecule has 0 spiro atoms. The van der Waals surface area contributed by atoms with Crippen LogP contribution in [-0.2, 0) is 17.8 Å². The van der Waals surface area contributed by atoms with Crippen molar-refractivity contribution >= 4 is 5.91 Å². The van der Waals surface area contributed by atoms with Crippen molar-refractivity contribution in [2.24, 2.45) is 0 Å². The number of amides is 1. The first-order valence-corrected chi connectivity index (χ1v) is 9.00. The minimum atomic E-state index is 0.0797. The van der Waals surface area contributed by atoms with Crippen molar-refractivity contribution in [3.05, 3.63) is 48.0 Å². The molecule has 128 valence electrons. The molecule has 1 aromatic carbocycles. The van der Waals surface area contributed by atoms with E-state index in [9.17, 15) is 4.79 Å². The first-order chi connectivity index (χ1) is 11.8. The largest absolute Gasteiger partial charge is 0.332 e. The van der Waals surface area contributed by atoms with Gasteiger partial charge < -0.3 is 9.47 Å². The van der Waals surface area contributed by atoms with Crippen LogP contribution in [0.5, 0.6) is 0 Å². The summed E-state index contributed by atoms with van der Waals surface area (Å²) >= 11 is 0. The zero-order valence-electron chi connectivity index (χ0n) is 14.4. The lowest BCUT2D eigenvalue weighted by Crippen LogP contribution is -2.39. The molecule has 24 heavy (non-hydrogen) atoms. The zero-order chi connectivity index (χ0) is 16.8. The van der Waals surface area contributed by atoms with E-state index in [-0.39, 0.29) is 11.9 Å². The summed E-state index contributed by atoms with van der Waals surface area (Å²) in [5.74, 6) is 1.18. The van der Waals surface area contributed by atoms with Crippen LogP contribution in [0.4, 0.5) is 0 Å². The Balaban J connectivity index is 1.69. The third kappa shape index (κ3) is 3.83. The maximum absolute atomic E-state index is 12.8. The lowest BCUT2D eigenvalue weighted by molar-refractivity contribution is -0.135. The number of aromatic nitrogens is 3. The first-order valence-electron chi connectivity index (χ1n) is 9.00. The molecule has 5 nitrogen and oxygen atoms in total. The molecule has 0 aliphatic carbocycles. The fourth-order valence-corrected chi connectivity index (χ4v) is 3.47. The number of benzene rings is 1. The average Bonchev–Trinajstić information content (AvgIpc) is 3.09. The van der Waals surface area contributed by atoms with Gasteiger partial charge in [-0.2, -0.15) is 0 Å². The molecule has 1 saturated heterocycles. The van der Waals surface area contributed by atoms with E-state index in [1.807, 2.05) is 23.1 Å². The monoisotopic (exact) mass is 326 g/mol. The van der Waals surface area contributed by atoms with Gasteiger partial charge in [-0.3, -0.25) is 4.79 Å². The molecule has 1 aliphatic rings. The molecule has 2 aromatic rings. The van der Waals surface area contributed by atoms with Gasteiger partial charge in [0.05, 0.1) is 6.04 Å².